The molecule has 2 atom stereocenters. The standard InChI is InChI=1S/C15H18N8O2/c1-16-10-2-3-13(17-5-10)15(25)23-7-11-4-12(23)6-22(11)14(24)8-21-9-18-19-20-21/h2-3,5,9,11-12,16H,4,6-8H2,1H3/t11-,12-/m0/s1. The number of tetrazole rings is 1. The lowest BCUT2D eigenvalue weighted by Gasteiger charge is -2.34. The molecule has 0 spiro atoms. The molecule has 4 rings (SSSR count). The predicted molar refractivity (Wildman–Crippen MR) is 86.5 cm³/mol. The van der Waals surface area contributed by atoms with Crippen LogP contribution in [0.2, 0.25) is 0 Å². The van der Waals surface area contributed by atoms with Gasteiger partial charge in [-0.15, -0.1) is 5.10 Å². The van der Waals surface area contributed by atoms with Gasteiger partial charge >= 0.3 is 0 Å². The second-order valence-corrected chi connectivity index (χ2v) is 6.24. The fourth-order valence-electron chi connectivity index (χ4n) is 3.52. The van der Waals surface area contributed by atoms with Crippen molar-refractivity contribution in [1.29, 1.82) is 0 Å². The maximum absolute atomic E-state index is 12.7. The number of anilines is 1. The van der Waals surface area contributed by atoms with Crippen molar-refractivity contribution in [3.05, 3.63) is 30.4 Å². The van der Waals surface area contributed by atoms with Crippen LogP contribution in [0.15, 0.2) is 24.7 Å². The van der Waals surface area contributed by atoms with Gasteiger partial charge in [0.25, 0.3) is 5.91 Å². The van der Waals surface area contributed by atoms with E-state index in [1.54, 1.807) is 19.3 Å². The monoisotopic (exact) mass is 342 g/mol. The van der Waals surface area contributed by atoms with Gasteiger partial charge in [-0.25, -0.2) is 9.67 Å². The summed E-state index contributed by atoms with van der Waals surface area (Å²) in [7, 11) is 1.80. The van der Waals surface area contributed by atoms with Crippen LogP contribution in [-0.4, -0.2) is 79.0 Å². The van der Waals surface area contributed by atoms with Crippen molar-refractivity contribution >= 4 is 17.5 Å². The smallest absolute Gasteiger partial charge is 0.272 e. The number of hydrogen-bond acceptors (Lipinski definition) is 7. The zero-order valence-corrected chi connectivity index (χ0v) is 13.7. The summed E-state index contributed by atoms with van der Waals surface area (Å²) in [4.78, 5) is 33.0. The largest absolute Gasteiger partial charge is 0.387 e. The highest BCUT2D eigenvalue weighted by Crippen LogP contribution is 2.31. The molecule has 10 nitrogen and oxygen atoms in total. The molecule has 4 heterocycles. The highest BCUT2D eigenvalue weighted by atomic mass is 16.2. The van der Waals surface area contributed by atoms with Crippen molar-refractivity contribution in [2.24, 2.45) is 0 Å². The van der Waals surface area contributed by atoms with Gasteiger partial charge in [0.05, 0.1) is 24.0 Å². The maximum Gasteiger partial charge on any atom is 0.272 e. The van der Waals surface area contributed by atoms with E-state index in [-0.39, 0.29) is 30.4 Å². The van der Waals surface area contributed by atoms with E-state index in [0.29, 0.717) is 18.8 Å². The molecule has 2 bridgehead atoms. The van der Waals surface area contributed by atoms with Crippen molar-refractivity contribution in [2.75, 3.05) is 25.5 Å². The molecule has 25 heavy (non-hydrogen) atoms. The summed E-state index contributed by atoms with van der Waals surface area (Å²) in [5.41, 5.74) is 1.29. The van der Waals surface area contributed by atoms with E-state index in [4.69, 9.17) is 0 Å². The van der Waals surface area contributed by atoms with Crippen molar-refractivity contribution in [3.8, 4) is 0 Å². The van der Waals surface area contributed by atoms with E-state index in [0.717, 1.165) is 12.1 Å². The van der Waals surface area contributed by atoms with Gasteiger partial charge in [-0.2, -0.15) is 0 Å². The van der Waals surface area contributed by atoms with Crippen molar-refractivity contribution < 1.29 is 9.59 Å². The van der Waals surface area contributed by atoms with Gasteiger partial charge in [-0.1, -0.05) is 0 Å². The number of carbonyl (C=O) groups excluding carboxylic acids is 2. The Bertz CT molecular complexity index is 775. The number of fused-ring (bicyclic) bond motifs is 2. The van der Waals surface area contributed by atoms with Crippen LogP contribution in [0.1, 0.15) is 16.9 Å². The van der Waals surface area contributed by atoms with Crippen molar-refractivity contribution in [2.45, 2.75) is 25.0 Å². The van der Waals surface area contributed by atoms with Crippen LogP contribution < -0.4 is 5.32 Å². The number of hydrogen-bond donors (Lipinski definition) is 1. The summed E-state index contributed by atoms with van der Waals surface area (Å²) in [6.07, 6.45) is 3.87. The number of piperazine rings is 1. The first-order valence-corrected chi connectivity index (χ1v) is 8.10. The van der Waals surface area contributed by atoms with Crippen molar-refractivity contribution in [1.82, 2.24) is 35.0 Å². The summed E-state index contributed by atoms with van der Waals surface area (Å²) in [6, 6.07) is 3.65. The minimum absolute atomic E-state index is 0.0246. The quantitative estimate of drug-likeness (QED) is 0.777. The van der Waals surface area contributed by atoms with E-state index in [1.807, 2.05) is 15.9 Å². The third kappa shape index (κ3) is 2.79. The molecule has 0 radical (unpaired) electrons. The van der Waals surface area contributed by atoms with Crippen LogP contribution in [0.5, 0.6) is 0 Å². The fraction of sp³-hybridized carbons (Fsp3) is 0.467. The Kier molecular flexibility index (Phi) is 3.79. The summed E-state index contributed by atoms with van der Waals surface area (Å²) >= 11 is 0. The summed E-state index contributed by atoms with van der Waals surface area (Å²) in [6.45, 7) is 1.21. The second kappa shape index (κ2) is 6.11. The Labute approximate surface area is 143 Å². The Hall–Kier alpha value is -3.04. The minimum Gasteiger partial charge on any atom is -0.387 e. The third-order valence-electron chi connectivity index (χ3n) is 4.78. The fourth-order valence-corrected chi connectivity index (χ4v) is 3.52. The molecule has 0 aromatic carbocycles. The van der Waals surface area contributed by atoms with Gasteiger partial charge in [-0.3, -0.25) is 9.59 Å². The molecule has 130 valence electrons. The van der Waals surface area contributed by atoms with Crippen LogP contribution in [0.4, 0.5) is 5.69 Å². The highest BCUT2D eigenvalue weighted by molar-refractivity contribution is 5.93. The molecular weight excluding hydrogens is 324 g/mol. The molecular formula is C15H18N8O2. The maximum atomic E-state index is 12.7. The summed E-state index contributed by atoms with van der Waals surface area (Å²) in [5, 5.41) is 13.8. The number of likely N-dealkylation sites (tertiary alicyclic amines) is 2. The summed E-state index contributed by atoms with van der Waals surface area (Å²) < 4.78 is 1.41. The van der Waals surface area contributed by atoms with Gasteiger partial charge in [0, 0.05) is 20.1 Å². The van der Waals surface area contributed by atoms with Crippen LogP contribution in [0, 0.1) is 0 Å². The number of aromatic nitrogens is 5. The normalized spacial score (nSPS) is 21.6. The Balaban J connectivity index is 1.40. The number of rotatable bonds is 4. The Morgan fingerprint density at radius 1 is 1.24 bits per heavy atom. The Morgan fingerprint density at radius 3 is 2.64 bits per heavy atom. The molecule has 2 aliphatic heterocycles. The molecule has 2 aromatic rings. The van der Waals surface area contributed by atoms with Gasteiger partial charge in [0.2, 0.25) is 5.91 Å². The lowest BCUT2D eigenvalue weighted by atomic mass is 10.2. The molecule has 2 fully saturated rings. The Morgan fingerprint density at radius 2 is 2.04 bits per heavy atom. The number of nitrogens with one attached hydrogen (secondary N) is 1. The van der Waals surface area contributed by atoms with Gasteiger partial charge in [0.1, 0.15) is 18.6 Å². The van der Waals surface area contributed by atoms with Gasteiger partial charge in [-0.05, 0) is 29.0 Å². The van der Waals surface area contributed by atoms with Crippen LogP contribution in [0.3, 0.4) is 0 Å². The first-order valence-electron chi connectivity index (χ1n) is 8.10. The zero-order chi connectivity index (χ0) is 17.4. The van der Waals surface area contributed by atoms with Crippen molar-refractivity contribution in [3.63, 3.8) is 0 Å². The molecule has 10 heteroatoms. The topological polar surface area (TPSA) is 109 Å². The number of amides is 2. The predicted octanol–water partition coefficient (Wildman–Crippen LogP) is -0.765. The lowest BCUT2D eigenvalue weighted by molar-refractivity contribution is -0.134. The molecule has 0 unspecified atom stereocenters. The number of carbonyl (C=O) groups is 2. The average Bonchev–Trinajstić information content (AvgIpc) is 3.37. The van der Waals surface area contributed by atoms with E-state index >= 15 is 0 Å². The van der Waals surface area contributed by atoms with E-state index < -0.39 is 0 Å². The second-order valence-electron chi connectivity index (χ2n) is 6.24. The first-order chi connectivity index (χ1) is 12.2. The SMILES string of the molecule is CNc1ccc(C(=O)N2C[C@@H]3C[C@H]2CN3C(=O)Cn2cnnn2)nc1. The number of nitrogens with zero attached hydrogens (tertiary/aromatic N) is 7. The van der Waals surface area contributed by atoms with Crippen LogP contribution in [0.25, 0.3) is 0 Å². The van der Waals surface area contributed by atoms with Crippen LogP contribution >= 0.6 is 0 Å². The number of pyridine rings is 1. The first kappa shape index (κ1) is 15.5. The summed E-state index contributed by atoms with van der Waals surface area (Å²) in [5.74, 6) is -0.105. The third-order valence-corrected chi connectivity index (χ3v) is 4.78. The van der Waals surface area contributed by atoms with E-state index in [1.165, 1.54) is 11.0 Å². The zero-order valence-electron chi connectivity index (χ0n) is 13.7. The highest BCUT2D eigenvalue weighted by Gasteiger charge is 2.47. The van der Waals surface area contributed by atoms with E-state index in [9.17, 15) is 9.59 Å². The van der Waals surface area contributed by atoms with E-state index in [2.05, 4.69) is 25.8 Å². The average molecular weight is 342 g/mol. The molecule has 2 aromatic heterocycles. The molecule has 1 N–H and O–H groups in total. The lowest BCUT2D eigenvalue weighted by Crippen LogP contribution is -2.51. The molecule has 0 saturated carbocycles. The van der Waals surface area contributed by atoms with Gasteiger partial charge in [0.15, 0.2) is 0 Å². The minimum atomic E-state index is -0.0808. The molecule has 2 aliphatic rings. The molecule has 2 saturated heterocycles. The van der Waals surface area contributed by atoms with Gasteiger partial charge < -0.3 is 15.1 Å². The molecule has 0 aliphatic carbocycles. The van der Waals surface area contributed by atoms with Crippen LogP contribution in [-0.2, 0) is 11.3 Å². The molecule has 2 amide bonds.